The first-order chi connectivity index (χ1) is 8.45. The molecule has 1 aliphatic rings. The van der Waals surface area contributed by atoms with Crippen LogP contribution in [-0.2, 0) is 4.74 Å². The predicted octanol–water partition coefficient (Wildman–Crippen LogP) is 3.04. The maximum absolute atomic E-state index is 5.99. The Morgan fingerprint density at radius 2 is 2.00 bits per heavy atom. The Morgan fingerprint density at radius 1 is 1.33 bits per heavy atom. The third-order valence-electron chi connectivity index (χ3n) is 3.48. The number of ether oxygens (including phenoxy) is 1. The van der Waals surface area contributed by atoms with E-state index >= 15 is 0 Å². The maximum atomic E-state index is 5.99. The summed E-state index contributed by atoms with van der Waals surface area (Å²) in [6.07, 6.45) is 1.83. The summed E-state index contributed by atoms with van der Waals surface area (Å²) in [5, 5.41) is 4.31. The van der Waals surface area contributed by atoms with E-state index in [0.29, 0.717) is 6.54 Å². The summed E-state index contributed by atoms with van der Waals surface area (Å²) in [5.41, 5.74) is 6.84. The fraction of sp³-hybridized carbons (Fsp3) is 0.571. The standard InChI is InChI=1S/C14H21ClN2O/c1-13(2)9-14(10-16,7-8-18-13)17-12-5-3-11(15)4-6-12/h3-6,17H,7-10,16H2,1-2H3. The van der Waals surface area contributed by atoms with Gasteiger partial charge in [-0.05, 0) is 44.5 Å². The molecule has 4 heteroatoms. The molecule has 0 aliphatic carbocycles. The molecule has 1 saturated heterocycles. The van der Waals surface area contributed by atoms with E-state index in [4.69, 9.17) is 22.1 Å². The van der Waals surface area contributed by atoms with Gasteiger partial charge in [-0.3, -0.25) is 0 Å². The van der Waals surface area contributed by atoms with Crippen LogP contribution < -0.4 is 11.1 Å². The minimum atomic E-state index is -0.128. The van der Waals surface area contributed by atoms with Gasteiger partial charge in [-0.2, -0.15) is 0 Å². The van der Waals surface area contributed by atoms with Crippen molar-refractivity contribution in [3.63, 3.8) is 0 Å². The normalized spacial score (nSPS) is 26.9. The van der Waals surface area contributed by atoms with Crippen LogP contribution in [0.5, 0.6) is 0 Å². The molecule has 1 aromatic carbocycles. The molecule has 1 fully saturated rings. The monoisotopic (exact) mass is 268 g/mol. The van der Waals surface area contributed by atoms with E-state index in [1.165, 1.54) is 0 Å². The van der Waals surface area contributed by atoms with Crippen LogP contribution in [0.1, 0.15) is 26.7 Å². The lowest BCUT2D eigenvalue weighted by Crippen LogP contribution is -2.55. The maximum Gasteiger partial charge on any atom is 0.0649 e. The molecule has 1 heterocycles. The number of anilines is 1. The number of nitrogens with two attached hydrogens (primary N) is 1. The fourth-order valence-corrected chi connectivity index (χ4v) is 2.77. The van der Waals surface area contributed by atoms with Crippen LogP contribution in [0.15, 0.2) is 24.3 Å². The first kappa shape index (κ1) is 13.7. The van der Waals surface area contributed by atoms with Gasteiger partial charge in [0.15, 0.2) is 0 Å². The Balaban J connectivity index is 2.15. The number of hydrogen-bond donors (Lipinski definition) is 2. The average Bonchev–Trinajstić information content (AvgIpc) is 2.31. The van der Waals surface area contributed by atoms with Crippen LogP contribution in [0.4, 0.5) is 5.69 Å². The molecule has 18 heavy (non-hydrogen) atoms. The second kappa shape index (κ2) is 5.08. The molecule has 0 saturated carbocycles. The Kier molecular flexibility index (Phi) is 3.85. The van der Waals surface area contributed by atoms with Crippen LogP contribution in [0.3, 0.4) is 0 Å². The third-order valence-corrected chi connectivity index (χ3v) is 3.73. The summed E-state index contributed by atoms with van der Waals surface area (Å²) in [6, 6.07) is 7.75. The summed E-state index contributed by atoms with van der Waals surface area (Å²) in [7, 11) is 0. The van der Waals surface area contributed by atoms with Crippen molar-refractivity contribution in [2.24, 2.45) is 5.73 Å². The summed E-state index contributed by atoms with van der Waals surface area (Å²) in [5.74, 6) is 0. The van der Waals surface area contributed by atoms with Crippen molar-refractivity contribution >= 4 is 17.3 Å². The molecule has 2 rings (SSSR count). The van der Waals surface area contributed by atoms with Gasteiger partial charge in [0, 0.05) is 30.3 Å². The van der Waals surface area contributed by atoms with Crippen molar-refractivity contribution in [3.8, 4) is 0 Å². The molecule has 1 atom stereocenters. The Hall–Kier alpha value is -0.770. The fourth-order valence-electron chi connectivity index (χ4n) is 2.65. The topological polar surface area (TPSA) is 47.3 Å². The minimum Gasteiger partial charge on any atom is -0.378 e. The zero-order chi connectivity index (χ0) is 13.2. The number of hydrogen-bond acceptors (Lipinski definition) is 3. The molecular formula is C14H21ClN2O. The van der Waals surface area contributed by atoms with Crippen molar-refractivity contribution in [2.75, 3.05) is 18.5 Å². The first-order valence-electron chi connectivity index (χ1n) is 6.33. The van der Waals surface area contributed by atoms with Gasteiger partial charge < -0.3 is 15.8 Å². The summed E-state index contributed by atoms with van der Waals surface area (Å²) in [4.78, 5) is 0. The second-order valence-corrected chi connectivity index (χ2v) is 6.09. The number of rotatable bonds is 3. The SMILES string of the molecule is CC1(C)CC(CN)(Nc2ccc(Cl)cc2)CCO1. The molecule has 1 aliphatic heterocycles. The van der Waals surface area contributed by atoms with Crippen molar-refractivity contribution in [1.82, 2.24) is 0 Å². The average molecular weight is 269 g/mol. The van der Waals surface area contributed by atoms with Crippen LogP contribution in [-0.4, -0.2) is 24.3 Å². The number of benzene rings is 1. The molecule has 0 spiro atoms. The van der Waals surface area contributed by atoms with Crippen molar-refractivity contribution in [1.29, 1.82) is 0 Å². The van der Waals surface area contributed by atoms with E-state index < -0.39 is 0 Å². The van der Waals surface area contributed by atoms with E-state index in [-0.39, 0.29) is 11.1 Å². The highest BCUT2D eigenvalue weighted by molar-refractivity contribution is 6.30. The van der Waals surface area contributed by atoms with Gasteiger partial charge in [-0.1, -0.05) is 11.6 Å². The van der Waals surface area contributed by atoms with Crippen LogP contribution in [0.2, 0.25) is 5.02 Å². The highest BCUT2D eigenvalue weighted by Crippen LogP contribution is 2.34. The molecule has 0 amide bonds. The van der Waals surface area contributed by atoms with Gasteiger partial charge in [0.25, 0.3) is 0 Å². The Labute approximate surface area is 114 Å². The van der Waals surface area contributed by atoms with E-state index in [9.17, 15) is 0 Å². The smallest absolute Gasteiger partial charge is 0.0649 e. The molecule has 1 aromatic rings. The summed E-state index contributed by atoms with van der Waals surface area (Å²) in [6.45, 7) is 5.56. The Morgan fingerprint density at radius 3 is 2.56 bits per heavy atom. The highest BCUT2D eigenvalue weighted by atomic mass is 35.5. The van der Waals surface area contributed by atoms with Gasteiger partial charge in [0.05, 0.1) is 11.1 Å². The van der Waals surface area contributed by atoms with Gasteiger partial charge in [-0.25, -0.2) is 0 Å². The summed E-state index contributed by atoms with van der Waals surface area (Å²) < 4.78 is 5.76. The van der Waals surface area contributed by atoms with Gasteiger partial charge >= 0.3 is 0 Å². The molecule has 0 bridgehead atoms. The first-order valence-corrected chi connectivity index (χ1v) is 6.70. The Bertz CT molecular complexity index is 405. The lowest BCUT2D eigenvalue weighted by Gasteiger charge is -2.45. The molecule has 0 aromatic heterocycles. The second-order valence-electron chi connectivity index (χ2n) is 5.65. The van der Waals surface area contributed by atoms with E-state index in [1.807, 2.05) is 24.3 Å². The van der Waals surface area contributed by atoms with E-state index in [1.54, 1.807) is 0 Å². The zero-order valence-electron chi connectivity index (χ0n) is 11.0. The van der Waals surface area contributed by atoms with Crippen molar-refractivity contribution in [2.45, 2.75) is 37.8 Å². The van der Waals surface area contributed by atoms with Crippen molar-refractivity contribution < 1.29 is 4.74 Å². The molecule has 0 radical (unpaired) electrons. The molecular weight excluding hydrogens is 248 g/mol. The van der Waals surface area contributed by atoms with Gasteiger partial charge in [0.1, 0.15) is 0 Å². The van der Waals surface area contributed by atoms with Crippen molar-refractivity contribution in [3.05, 3.63) is 29.3 Å². The predicted molar refractivity (Wildman–Crippen MR) is 76.1 cm³/mol. The number of halogens is 1. The lowest BCUT2D eigenvalue weighted by molar-refractivity contribution is -0.0736. The van der Waals surface area contributed by atoms with E-state index in [2.05, 4.69) is 19.2 Å². The number of nitrogens with one attached hydrogen (secondary N) is 1. The summed E-state index contributed by atoms with van der Waals surface area (Å²) >= 11 is 5.90. The lowest BCUT2D eigenvalue weighted by atomic mass is 9.81. The molecule has 3 N–H and O–H groups in total. The molecule has 100 valence electrons. The van der Waals surface area contributed by atoms with Crippen LogP contribution in [0.25, 0.3) is 0 Å². The van der Waals surface area contributed by atoms with E-state index in [0.717, 1.165) is 30.2 Å². The third kappa shape index (κ3) is 3.16. The zero-order valence-corrected chi connectivity index (χ0v) is 11.8. The van der Waals surface area contributed by atoms with Crippen LogP contribution in [0, 0.1) is 0 Å². The largest absolute Gasteiger partial charge is 0.378 e. The minimum absolute atomic E-state index is 0.0877. The highest BCUT2D eigenvalue weighted by Gasteiger charge is 2.39. The van der Waals surface area contributed by atoms with Gasteiger partial charge in [-0.15, -0.1) is 0 Å². The molecule has 3 nitrogen and oxygen atoms in total. The van der Waals surface area contributed by atoms with Crippen LogP contribution >= 0.6 is 11.6 Å². The van der Waals surface area contributed by atoms with Gasteiger partial charge in [0.2, 0.25) is 0 Å². The molecule has 1 unspecified atom stereocenters. The quantitative estimate of drug-likeness (QED) is 0.886.